The fourth-order valence-electron chi connectivity index (χ4n) is 1.99. The summed E-state index contributed by atoms with van der Waals surface area (Å²) in [6.45, 7) is 0.398. The smallest absolute Gasteiger partial charge is 0.166 e. The van der Waals surface area contributed by atoms with Crippen LogP contribution in [0.3, 0.4) is 0 Å². The van der Waals surface area contributed by atoms with Crippen LogP contribution in [-0.4, -0.2) is 9.97 Å². The van der Waals surface area contributed by atoms with Gasteiger partial charge in [0.2, 0.25) is 0 Å². The second-order valence-corrected chi connectivity index (χ2v) is 5.17. The lowest BCUT2D eigenvalue weighted by molar-refractivity contribution is 0.307. The van der Waals surface area contributed by atoms with E-state index in [0.29, 0.717) is 23.2 Å². The third-order valence-corrected chi connectivity index (χ3v) is 3.40. The highest BCUT2D eigenvalue weighted by Crippen LogP contribution is 2.26. The van der Waals surface area contributed by atoms with E-state index in [1.807, 2.05) is 48.5 Å². The molecule has 0 aliphatic heterocycles. The fourth-order valence-corrected chi connectivity index (χ4v) is 2.11. The van der Waals surface area contributed by atoms with E-state index in [4.69, 9.17) is 22.1 Å². The van der Waals surface area contributed by atoms with E-state index < -0.39 is 0 Å². The Labute approximate surface area is 133 Å². The number of pyridine rings is 2. The lowest BCUT2D eigenvalue weighted by atomic mass is 10.2. The molecule has 2 heterocycles. The number of nitrogens with two attached hydrogens (primary N) is 1. The van der Waals surface area contributed by atoms with Crippen LogP contribution in [0.25, 0.3) is 11.3 Å². The summed E-state index contributed by atoms with van der Waals surface area (Å²) >= 11 is 5.86. The summed E-state index contributed by atoms with van der Waals surface area (Å²) in [7, 11) is 0. The van der Waals surface area contributed by atoms with Crippen molar-refractivity contribution in [3.63, 3.8) is 0 Å². The van der Waals surface area contributed by atoms with Crippen molar-refractivity contribution in [1.82, 2.24) is 9.97 Å². The Bertz CT molecular complexity index is 761. The summed E-state index contributed by atoms with van der Waals surface area (Å²) in [5, 5.41) is 0.696. The van der Waals surface area contributed by atoms with Crippen molar-refractivity contribution in [3.8, 4) is 17.0 Å². The largest absolute Gasteiger partial charge is 0.485 e. The van der Waals surface area contributed by atoms with Crippen molar-refractivity contribution >= 4 is 17.4 Å². The quantitative estimate of drug-likeness (QED) is 0.792. The summed E-state index contributed by atoms with van der Waals surface area (Å²) in [5.41, 5.74) is 8.57. The van der Waals surface area contributed by atoms with Crippen molar-refractivity contribution in [2.45, 2.75) is 6.61 Å². The SMILES string of the molecule is Nc1ncc(-c2ccccn2)cc1OCc1ccc(Cl)cc1. The van der Waals surface area contributed by atoms with Gasteiger partial charge in [-0.25, -0.2) is 4.98 Å². The van der Waals surface area contributed by atoms with Crippen molar-refractivity contribution in [2.75, 3.05) is 5.73 Å². The van der Waals surface area contributed by atoms with E-state index in [2.05, 4.69) is 9.97 Å². The Hall–Kier alpha value is -2.59. The molecule has 0 aliphatic rings. The lowest BCUT2D eigenvalue weighted by Crippen LogP contribution is -2.01. The molecule has 2 N–H and O–H groups in total. The predicted octanol–water partition coefficient (Wildman–Crippen LogP) is 3.96. The molecular weight excluding hydrogens is 298 g/mol. The van der Waals surface area contributed by atoms with Gasteiger partial charge in [-0.2, -0.15) is 0 Å². The number of rotatable bonds is 4. The highest BCUT2D eigenvalue weighted by atomic mass is 35.5. The molecule has 0 amide bonds. The molecule has 22 heavy (non-hydrogen) atoms. The summed E-state index contributed by atoms with van der Waals surface area (Å²) in [5.74, 6) is 0.895. The highest BCUT2D eigenvalue weighted by molar-refractivity contribution is 6.30. The van der Waals surface area contributed by atoms with Crippen LogP contribution in [0.2, 0.25) is 5.02 Å². The van der Waals surface area contributed by atoms with Crippen LogP contribution in [0, 0.1) is 0 Å². The molecule has 5 heteroatoms. The number of ether oxygens (including phenoxy) is 1. The molecule has 0 saturated heterocycles. The topological polar surface area (TPSA) is 61.0 Å². The molecule has 0 radical (unpaired) electrons. The summed E-state index contributed by atoms with van der Waals surface area (Å²) in [6, 6.07) is 15.0. The minimum atomic E-state index is 0.355. The van der Waals surface area contributed by atoms with Gasteiger partial charge in [-0.1, -0.05) is 29.8 Å². The molecular formula is C17H14ClN3O. The van der Waals surface area contributed by atoms with Crippen LogP contribution in [0.4, 0.5) is 5.82 Å². The molecule has 2 aromatic heterocycles. The van der Waals surface area contributed by atoms with Crippen molar-refractivity contribution in [1.29, 1.82) is 0 Å². The number of anilines is 1. The molecule has 4 nitrogen and oxygen atoms in total. The van der Waals surface area contributed by atoms with Gasteiger partial charge in [-0.05, 0) is 35.9 Å². The Morgan fingerprint density at radius 3 is 2.59 bits per heavy atom. The molecule has 3 rings (SSSR count). The average Bonchev–Trinajstić information content (AvgIpc) is 2.56. The number of benzene rings is 1. The Balaban J connectivity index is 1.80. The molecule has 0 fully saturated rings. The molecule has 3 aromatic rings. The molecule has 0 atom stereocenters. The molecule has 0 saturated carbocycles. The van der Waals surface area contributed by atoms with Crippen LogP contribution in [0.5, 0.6) is 5.75 Å². The first-order valence-corrected chi connectivity index (χ1v) is 7.14. The zero-order chi connectivity index (χ0) is 15.4. The van der Waals surface area contributed by atoms with E-state index in [1.165, 1.54) is 0 Å². The van der Waals surface area contributed by atoms with Crippen LogP contribution in [-0.2, 0) is 6.61 Å². The van der Waals surface area contributed by atoms with E-state index in [0.717, 1.165) is 16.8 Å². The van der Waals surface area contributed by atoms with Crippen molar-refractivity contribution < 1.29 is 4.74 Å². The number of hydrogen-bond acceptors (Lipinski definition) is 4. The predicted molar refractivity (Wildman–Crippen MR) is 87.7 cm³/mol. The molecule has 1 aromatic carbocycles. The third kappa shape index (κ3) is 3.35. The number of nitrogens with zero attached hydrogens (tertiary/aromatic N) is 2. The minimum Gasteiger partial charge on any atom is -0.485 e. The Morgan fingerprint density at radius 1 is 1.05 bits per heavy atom. The maximum Gasteiger partial charge on any atom is 0.166 e. The van der Waals surface area contributed by atoms with Gasteiger partial charge in [0.25, 0.3) is 0 Å². The number of aromatic nitrogens is 2. The van der Waals surface area contributed by atoms with Gasteiger partial charge in [0.15, 0.2) is 11.6 Å². The second-order valence-electron chi connectivity index (χ2n) is 4.74. The number of halogens is 1. The third-order valence-electron chi connectivity index (χ3n) is 3.15. The average molecular weight is 312 g/mol. The summed E-state index contributed by atoms with van der Waals surface area (Å²) in [6.07, 6.45) is 3.42. The standard InChI is InChI=1S/C17H14ClN3O/c18-14-6-4-12(5-7-14)11-22-16-9-13(10-21-17(16)19)15-3-1-2-8-20-15/h1-10H,11H2,(H2,19,21). The Kier molecular flexibility index (Phi) is 4.21. The van der Waals surface area contributed by atoms with Crippen LogP contribution >= 0.6 is 11.6 Å². The first-order valence-electron chi connectivity index (χ1n) is 6.76. The van der Waals surface area contributed by atoms with Gasteiger partial charge in [-0.3, -0.25) is 4.98 Å². The van der Waals surface area contributed by atoms with Gasteiger partial charge in [0, 0.05) is 23.0 Å². The number of hydrogen-bond donors (Lipinski definition) is 1. The van der Waals surface area contributed by atoms with E-state index in [9.17, 15) is 0 Å². The minimum absolute atomic E-state index is 0.355. The summed E-state index contributed by atoms with van der Waals surface area (Å²) in [4.78, 5) is 8.47. The highest BCUT2D eigenvalue weighted by Gasteiger charge is 2.07. The zero-order valence-electron chi connectivity index (χ0n) is 11.7. The van der Waals surface area contributed by atoms with E-state index in [-0.39, 0.29) is 0 Å². The monoisotopic (exact) mass is 311 g/mol. The Morgan fingerprint density at radius 2 is 1.86 bits per heavy atom. The molecule has 0 bridgehead atoms. The maximum absolute atomic E-state index is 5.88. The van der Waals surface area contributed by atoms with Crippen molar-refractivity contribution in [2.24, 2.45) is 0 Å². The zero-order valence-corrected chi connectivity index (χ0v) is 12.5. The van der Waals surface area contributed by atoms with Gasteiger partial charge in [0.1, 0.15) is 6.61 Å². The fraction of sp³-hybridized carbons (Fsp3) is 0.0588. The first-order chi connectivity index (χ1) is 10.7. The summed E-state index contributed by atoms with van der Waals surface area (Å²) < 4.78 is 5.77. The second kappa shape index (κ2) is 6.45. The molecule has 0 spiro atoms. The van der Waals surface area contributed by atoms with Gasteiger partial charge in [0.05, 0.1) is 5.69 Å². The molecule has 0 unspecified atom stereocenters. The van der Waals surface area contributed by atoms with Crippen LogP contribution < -0.4 is 10.5 Å². The first kappa shape index (κ1) is 14.4. The van der Waals surface area contributed by atoms with Crippen molar-refractivity contribution in [3.05, 3.63) is 71.5 Å². The maximum atomic E-state index is 5.88. The normalized spacial score (nSPS) is 10.4. The molecule has 0 aliphatic carbocycles. The van der Waals surface area contributed by atoms with Crippen LogP contribution in [0.1, 0.15) is 5.56 Å². The van der Waals surface area contributed by atoms with Crippen LogP contribution in [0.15, 0.2) is 60.9 Å². The number of nitrogen functional groups attached to an aromatic ring is 1. The van der Waals surface area contributed by atoms with Gasteiger partial charge < -0.3 is 10.5 Å². The van der Waals surface area contributed by atoms with Gasteiger partial charge in [-0.15, -0.1) is 0 Å². The molecule has 110 valence electrons. The lowest BCUT2D eigenvalue weighted by Gasteiger charge is -2.10. The van der Waals surface area contributed by atoms with E-state index in [1.54, 1.807) is 12.4 Å². The van der Waals surface area contributed by atoms with E-state index >= 15 is 0 Å². The van der Waals surface area contributed by atoms with Gasteiger partial charge >= 0.3 is 0 Å².